The zero-order valence-electron chi connectivity index (χ0n) is 10.2. The number of pyridine rings is 1. The molecule has 0 bridgehead atoms. The third kappa shape index (κ3) is 3.14. The molecule has 0 spiro atoms. The standard InChI is InChI=1S/C13H13F3N2O/c1-2-17-12(11-4-3-7-19-11)10-6-5-9(8-18-10)13(14,15)16/h3-8,12,17H,2H2,1H3. The smallest absolute Gasteiger partial charge is 0.417 e. The molecule has 2 heterocycles. The van der Waals surface area contributed by atoms with Crippen molar-refractivity contribution < 1.29 is 17.6 Å². The summed E-state index contributed by atoms with van der Waals surface area (Å²) in [4.78, 5) is 3.88. The first-order valence-electron chi connectivity index (χ1n) is 5.82. The lowest BCUT2D eigenvalue weighted by Gasteiger charge is -2.15. The molecule has 0 saturated heterocycles. The van der Waals surface area contributed by atoms with Crippen LogP contribution >= 0.6 is 0 Å². The second-order valence-corrected chi connectivity index (χ2v) is 3.98. The van der Waals surface area contributed by atoms with Crippen molar-refractivity contribution in [1.29, 1.82) is 0 Å². The number of aromatic nitrogens is 1. The molecule has 102 valence electrons. The minimum atomic E-state index is -4.37. The van der Waals surface area contributed by atoms with Gasteiger partial charge in [-0.25, -0.2) is 0 Å². The van der Waals surface area contributed by atoms with Gasteiger partial charge in [0, 0.05) is 6.20 Å². The average Bonchev–Trinajstić information content (AvgIpc) is 2.89. The second-order valence-electron chi connectivity index (χ2n) is 3.98. The van der Waals surface area contributed by atoms with Crippen molar-refractivity contribution in [2.24, 2.45) is 0 Å². The topological polar surface area (TPSA) is 38.1 Å². The number of nitrogens with zero attached hydrogens (tertiary/aromatic N) is 1. The molecule has 6 heteroatoms. The molecule has 1 unspecified atom stereocenters. The Balaban J connectivity index is 2.28. The number of furan rings is 1. The van der Waals surface area contributed by atoms with Crippen LogP contribution in [0.4, 0.5) is 13.2 Å². The monoisotopic (exact) mass is 270 g/mol. The molecule has 1 N–H and O–H groups in total. The van der Waals surface area contributed by atoms with E-state index in [1.165, 1.54) is 12.3 Å². The number of halogens is 3. The number of hydrogen-bond acceptors (Lipinski definition) is 3. The maximum atomic E-state index is 12.5. The zero-order valence-corrected chi connectivity index (χ0v) is 10.2. The van der Waals surface area contributed by atoms with Crippen molar-refractivity contribution in [3.05, 3.63) is 53.7 Å². The Morgan fingerprint density at radius 3 is 2.58 bits per heavy atom. The average molecular weight is 270 g/mol. The Labute approximate surface area is 108 Å². The number of nitrogens with one attached hydrogen (secondary N) is 1. The summed E-state index contributed by atoms with van der Waals surface area (Å²) in [6, 6.07) is 5.52. The summed E-state index contributed by atoms with van der Waals surface area (Å²) in [6.07, 6.45) is -2.02. The van der Waals surface area contributed by atoms with Gasteiger partial charge in [-0.05, 0) is 30.8 Å². The minimum Gasteiger partial charge on any atom is -0.467 e. The van der Waals surface area contributed by atoms with Crippen LogP contribution in [0, 0.1) is 0 Å². The fraction of sp³-hybridized carbons (Fsp3) is 0.308. The van der Waals surface area contributed by atoms with E-state index in [1.807, 2.05) is 6.92 Å². The lowest BCUT2D eigenvalue weighted by atomic mass is 10.1. The lowest BCUT2D eigenvalue weighted by molar-refractivity contribution is -0.137. The van der Waals surface area contributed by atoms with E-state index in [2.05, 4.69) is 10.3 Å². The molecule has 0 saturated carbocycles. The van der Waals surface area contributed by atoms with Crippen molar-refractivity contribution in [3.8, 4) is 0 Å². The van der Waals surface area contributed by atoms with Crippen LogP contribution in [0.5, 0.6) is 0 Å². The molecule has 2 rings (SSSR count). The molecule has 0 aliphatic carbocycles. The number of alkyl halides is 3. The first kappa shape index (κ1) is 13.6. The van der Waals surface area contributed by atoms with E-state index in [9.17, 15) is 13.2 Å². The van der Waals surface area contributed by atoms with Crippen LogP contribution in [-0.2, 0) is 6.18 Å². The predicted molar refractivity (Wildman–Crippen MR) is 63.5 cm³/mol. The van der Waals surface area contributed by atoms with Crippen LogP contribution in [0.25, 0.3) is 0 Å². The van der Waals surface area contributed by atoms with Gasteiger partial charge in [-0.3, -0.25) is 4.98 Å². The van der Waals surface area contributed by atoms with E-state index >= 15 is 0 Å². The fourth-order valence-electron chi connectivity index (χ4n) is 1.75. The Bertz CT molecular complexity index is 506. The summed E-state index contributed by atoms with van der Waals surface area (Å²) in [6.45, 7) is 2.55. The third-order valence-corrected chi connectivity index (χ3v) is 2.65. The normalized spacial score (nSPS) is 13.5. The summed E-state index contributed by atoms with van der Waals surface area (Å²) in [5, 5.41) is 3.12. The molecule has 3 nitrogen and oxygen atoms in total. The van der Waals surface area contributed by atoms with Crippen molar-refractivity contribution in [2.75, 3.05) is 6.54 Å². The van der Waals surface area contributed by atoms with Gasteiger partial charge in [0.1, 0.15) is 11.8 Å². The van der Waals surface area contributed by atoms with Gasteiger partial charge in [0.25, 0.3) is 0 Å². The van der Waals surface area contributed by atoms with Gasteiger partial charge in [0.05, 0.1) is 17.5 Å². The molecule has 0 fully saturated rings. The molecule has 1 atom stereocenters. The maximum absolute atomic E-state index is 12.5. The predicted octanol–water partition coefficient (Wildman–Crippen LogP) is 3.39. The van der Waals surface area contributed by atoms with Gasteiger partial charge in [0.2, 0.25) is 0 Å². The lowest BCUT2D eigenvalue weighted by Crippen LogP contribution is -2.22. The van der Waals surface area contributed by atoms with Gasteiger partial charge in [-0.2, -0.15) is 13.2 Å². The molecule has 2 aromatic heterocycles. The summed E-state index contributed by atoms with van der Waals surface area (Å²) in [5.41, 5.74) is -0.268. The molecular formula is C13H13F3N2O. The summed E-state index contributed by atoms with van der Waals surface area (Å²) >= 11 is 0. The molecular weight excluding hydrogens is 257 g/mol. The number of rotatable bonds is 4. The van der Waals surface area contributed by atoms with Crippen molar-refractivity contribution in [1.82, 2.24) is 10.3 Å². The van der Waals surface area contributed by atoms with Crippen LogP contribution in [0.15, 0.2) is 41.1 Å². The van der Waals surface area contributed by atoms with Crippen LogP contribution in [-0.4, -0.2) is 11.5 Å². The van der Waals surface area contributed by atoms with E-state index in [0.717, 1.165) is 12.3 Å². The van der Waals surface area contributed by atoms with E-state index in [-0.39, 0.29) is 6.04 Å². The molecule has 0 aromatic carbocycles. The number of hydrogen-bond donors (Lipinski definition) is 1. The SMILES string of the molecule is CCNC(c1ccc(C(F)(F)F)cn1)c1ccco1. The molecule has 0 aliphatic rings. The first-order valence-corrected chi connectivity index (χ1v) is 5.82. The molecule has 0 aliphatic heterocycles. The van der Waals surface area contributed by atoms with E-state index in [1.54, 1.807) is 12.1 Å². The first-order chi connectivity index (χ1) is 9.02. The fourth-order valence-corrected chi connectivity index (χ4v) is 1.75. The highest BCUT2D eigenvalue weighted by Crippen LogP contribution is 2.29. The van der Waals surface area contributed by atoms with Gasteiger partial charge in [-0.15, -0.1) is 0 Å². The van der Waals surface area contributed by atoms with Gasteiger partial charge < -0.3 is 9.73 Å². The summed E-state index contributed by atoms with van der Waals surface area (Å²) in [5.74, 6) is 0.620. The van der Waals surface area contributed by atoms with E-state index in [0.29, 0.717) is 18.0 Å². The molecule has 2 aromatic rings. The Kier molecular flexibility index (Phi) is 3.90. The quantitative estimate of drug-likeness (QED) is 0.925. The second kappa shape index (κ2) is 5.44. The van der Waals surface area contributed by atoms with Crippen LogP contribution in [0.1, 0.15) is 30.0 Å². The highest BCUT2D eigenvalue weighted by molar-refractivity contribution is 5.24. The highest BCUT2D eigenvalue weighted by atomic mass is 19.4. The van der Waals surface area contributed by atoms with Crippen LogP contribution in [0.3, 0.4) is 0 Å². The molecule has 0 amide bonds. The Hall–Kier alpha value is -1.82. The van der Waals surface area contributed by atoms with Crippen molar-refractivity contribution >= 4 is 0 Å². The Morgan fingerprint density at radius 1 is 1.32 bits per heavy atom. The maximum Gasteiger partial charge on any atom is 0.417 e. The van der Waals surface area contributed by atoms with Gasteiger partial charge >= 0.3 is 6.18 Å². The van der Waals surface area contributed by atoms with Crippen molar-refractivity contribution in [3.63, 3.8) is 0 Å². The Morgan fingerprint density at radius 2 is 2.11 bits per heavy atom. The highest BCUT2D eigenvalue weighted by Gasteiger charge is 2.31. The van der Waals surface area contributed by atoms with Crippen LogP contribution < -0.4 is 5.32 Å². The largest absolute Gasteiger partial charge is 0.467 e. The minimum absolute atomic E-state index is 0.345. The van der Waals surface area contributed by atoms with Crippen LogP contribution in [0.2, 0.25) is 0 Å². The summed E-state index contributed by atoms with van der Waals surface area (Å²) < 4.78 is 42.7. The van der Waals surface area contributed by atoms with Gasteiger partial charge in [-0.1, -0.05) is 6.92 Å². The van der Waals surface area contributed by atoms with Gasteiger partial charge in [0.15, 0.2) is 0 Å². The van der Waals surface area contributed by atoms with E-state index < -0.39 is 11.7 Å². The molecule has 19 heavy (non-hydrogen) atoms. The summed E-state index contributed by atoms with van der Waals surface area (Å²) in [7, 11) is 0. The van der Waals surface area contributed by atoms with E-state index in [4.69, 9.17) is 4.42 Å². The van der Waals surface area contributed by atoms with Crippen molar-refractivity contribution in [2.45, 2.75) is 19.1 Å². The third-order valence-electron chi connectivity index (χ3n) is 2.65. The zero-order chi connectivity index (χ0) is 13.9. The molecule has 0 radical (unpaired) electrons.